The molecule has 0 spiro atoms. The molecule has 1 aliphatic rings. The molecule has 1 aromatic carbocycles. The Morgan fingerprint density at radius 1 is 1.04 bits per heavy atom. The number of hydrogen-bond donors (Lipinski definition) is 1. The van der Waals surface area contributed by atoms with E-state index >= 15 is 0 Å². The molecule has 0 unspecified atom stereocenters. The summed E-state index contributed by atoms with van der Waals surface area (Å²) in [6, 6.07) is 11.1. The zero-order chi connectivity index (χ0) is 17.6. The lowest BCUT2D eigenvalue weighted by Crippen LogP contribution is -2.48. The molecule has 5 nitrogen and oxygen atoms in total. The monoisotopic (exact) mass is 378 g/mol. The number of para-hydroxylation sites is 1. The molecule has 0 bridgehead atoms. The molecule has 0 aliphatic carbocycles. The fourth-order valence-corrected chi connectivity index (χ4v) is 3.11. The van der Waals surface area contributed by atoms with Crippen LogP contribution in [0.15, 0.2) is 42.6 Å². The number of rotatable bonds is 5. The van der Waals surface area contributed by atoms with Crippen LogP contribution in [0.25, 0.3) is 0 Å². The van der Waals surface area contributed by atoms with Gasteiger partial charge in [-0.1, -0.05) is 41.4 Å². The summed E-state index contributed by atoms with van der Waals surface area (Å²) in [5.74, 6) is -0.0385. The van der Waals surface area contributed by atoms with E-state index in [0.717, 1.165) is 38.3 Å². The number of benzene rings is 1. The normalized spacial score (nSPS) is 15.9. The molecule has 1 amide bonds. The molecular formula is C18H20Cl2N4O. The van der Waals surface area contributed by atoms with Crippen LogP contribution in [0.3, 0.4) is 0 Å². The fourth-order valence-electron chi connectivity index (χ4n) is 2.82. The lowest BCUT2D eigenvalue weighted by Gasteiger charge is -2.34. The number of nitrogens with one attached hydrogen (secondary N) is 1. The number of amides is 1. The summed E-state index contributed by atoms with van der Waals surface area (Å²) in [6.07, 6.45) is 1.81. The van der Waals surface area contributed by atoms with Gasteiger partial charge in [0.25, 0.3) is 0 Å². The second-order valence-electron chi connectivity index (χ2n) is 6.07. The Bertz CT molecular complexity index is 715. The van der Waals surface area contributed by atoms with E-state index in [1.165, 1.54) is 0 Å². The number of hydrogen-bond acceptors (Lipinski definition) is 4. The van der Waals surface area contributed by atoms with Crippen LogP contribution in [-0.2, 0) is 11.3 Å². The number of carbonyl (C=O) groups is 1. The maximum atomic E-state index is 12.2. The Kier molecular flexibility index (Phi) is 6.26. The SMILES string of the molecule is O=C(CN1CCN(Cc2ccc(Cl)nc2)CC1)Nc1ccccc1Cl. The summed E-state index contributed by atoms with van der Waals surface area (Å²) >= 11 is 11.9. The van der Waals surface area contributed by atoms with Crippen molar-refractivity contribution in [2.75, 3.05) is 38.0 Å². The highest BCUT2D eigenvalue weighted by Gasteiger charge is 2.19. The lowest BCUT2D eigenvalue weighted by atomic mass is 10.2. The first-order valence-corrected chi connectivity index (χ1v) is 8.95. The van der Waals surface area contributed by atoms with Crippen LogP contribution in [-0.4, -0.2) is 53.4 Å². The zero-order valence-corrected chi connectivity index (χ0v) is 15.3. The fraction of sp³-hybridized carbons (Fsp3) is 0.333. The summed E-state index contributed by atoms with van der Waals surface area (Å²) < 4.78 is 0. The van der Waals surface area contributed by atoms with E-state index in [-0.39, 0.29) is 5.91 Å². The van der Waals surface area contributed by atoms with E-state index in [4.69, 9.17) is 23.2 Å². The van der Waals surface area contributed by atoms with Crippen molar-refractivity contribution in [1.82, 2.24) is 14.8 Å². The van der Waals surface area contributed by atoms with Gasteiger partial charge in [0.1, 0.15) is 5.15 Å². The zero-order valence-electron chi connectivity index (χ0n) is 13.8. The van der Waals surface area contributed by atoms with Gasteiger partial charge in [-0.3, -0.25) is 14.6 Å². The average molecular weight is 379 g/mol. The number of anilines is 1. The Hall–Kier alpha value is -1.66. The van der Waals surface area contributed by atoms with Crippen molar-refractivity contribution in [2.24, 2.45) is 0 Å². The van der Waals surface area contributed by atoms with E-state index < -0.39 is 0 Å². The number of halogens is 2. The summed E-state index contributed by atoms with van der Waals surface area (Å²) in [5.41, 5.74) is 1.80. The van der Waals surface area contributed by atoms with Crippen molar-refractivity contribution < 1.29 is 4.79 Å². The van der Waals surface area contributed by atoms with Crippen LogP contribution in [0.1, 0.15) is 5.56 Å². The highest BCUT2D eigenvalue weighted by atomic mass is 35.5. The molecule has 25 heavy (non-hydrogen) atoms. The molecule has 2 aromatic rings. The van der Waals surface area contributed by atoms with E-state index in [1.807, 2.05) is 30.5 Å². The minimum atomic E-state index is -0.0385. The molecule has 1 fully saturated rings. The lowest BCUT2D eigenvalue weighted by molar-refractivity contribution is -0.117. The number of nitrogens with zero attached hydrogens (tertiary/aromatic N) is 3. The maximum Gasteiger partial charge on any atom is 0.238 e. The van der Waals surface area contributed by atoms with Crippen LogP contribution in [0, 0.1) is 0 Å². The van der Waals surface area contributed by atoms with Gasteiger partial charge in [-0.15, -0.1) is 0 Å². The average Bonchev–Trinajstić information content (AvgIpc) is 2.61. The molecule has 132 valence electrons. The van der Waals surface area contributed by atoms with E-state index in [2.05, 4.69) is 20.1 Å². The second-order valence-corrected chi connectivity index (χ2v) is 6.86. The minimum absolute atomic E-state index is 0.0385. The highest BCUT2D eigenvalue weighted by Crippen LogP contribution is 2.20. The van der Waals surface area contributed by atoms with Gasteiger partial charge >= 0.3 is 0 Å². The molecular weight excluding hydrogens is 359 g/mol. The molecule has 1 aliphatic heterocycles. The standard InChI is InChI=1S/C18H20Cl2N4O/c19-15-3-1-2-4-16(15)22-18(25)13-24-9-7-23(8-10-24)12-14-5-6-17(20)21-11-14/h1-6,11H,7-10,12-13H2,(H,22,25). The third kappa shape index (κ3) is 5.41. The van der Waals surface area contributed by atoms with Gasteiger partial charge < -0.3 is 5.32 Å². The van der Waals surface area contributed by atoms with Gasteiger partial charge in [0.15, 0.2) is 0 Å². The second kappa shape index (κ2) is 8.63. The van der Waals surface area contributed by atoms with Crippen LogP contribution >= 0.6 is 23.2 Å². The van der Waals surface area contributed by atoms with Crippen LogP contribution < -0.4 is 5.32 Å². The molecule has 2 heterocycles. The van der Waals surface area contributed by atoms with Crippen molar-refractivity contribution >= 4 is 34.8 Å². The maximum absolute atomic E-state index is 12.2. The van der Waals surface area contributed by atoms with Crippen molar-refractivity contribution in [1.29, 1.82) is 0 Å². The predicted molar refractivity (Wildman–Crippen MR) is 101 cm³/mol. The Morgan fingerprint density at radius 2 is 1.76 bits per heavy atom. The Morgan fingerprint density at radius 3 is 2.44 bits per heavy atom. The number of piperazine rings is 1. The molecule has 0 radical (unpaired) electrons. The van der Waals surface area contributed by atoms with Gasteiger partial charge in [0.2, 0.25) is 5.91 Å². The summed E-state index contributed by atoms with van der Waals surface area (Å²) in [7, 11) is 0. The molecule has 7 heteroatoms. The largest absolute Gasteiger partial charge is 0.324 e. The highest BCUT2D eigenvalue weighted by molar-refractivity contribution is 6.33. The molecule has 1 aromatic heterocycles. The number of aromatic nitrogens is 1. The van der Waals surface area contributed by atoms with E-state index in [9.17, 15) is 4.79 Å². The molecule has 0 saturated carbocycles. The van der Waals surface area contributed by atoms with Crippen LogP contribution in [0.5, 0.6) is 0 Å². The van der Waals surface area contributed by atoms with Crippen molar-refractivity contribution in [2.45, 2.75) is 6.54 Å². The van der Waals surface area contributed by atoms with Crippen molar-refractivity contribution in [3.8, 4) is 0 Å². The number of carbonyl (C=O) groups excluding carboxylic acids is 1. The topological polar surface area (TPSA) is 48.5 Å². The first-order chi connectivity index (χ1) is 12.1. The first-order valence-electron chi connectivity index (χ1n) is 8.20. The van der Waals surface area contributed by atoms with Gasteiger partial charge in [0.05, 0.1) is 17.3 Å². The quantitative estimate of drug-likeness (QED) is 0.811. The van der Waals surface area contributed by atoms with Crippen LogP contribution in [0.4, 0.5) is 5.69 Å². The molecule has 0 atom stereocenters. The molecule has 3 rings (SSSR count). The molecule has 1 N–H and O–H groups in total. The minimum Gasteiger partial charge on any atom is -0.324 e. The van der Waals surface area contributed by atoms with Gasteiger partial charge in [-0.25, -0.2) is 4.98 Å². The Balaban J connectivity index is 1.43. The van der Waals surface area contributed by atoms with Gasteiger partial charge in [-0.2, -0.15) is 0 Å². The van der Waals surface area contributed by atoms with E-state index in [1.54, 1.807) is 12.1 Å². The predicted octanol–water partition coefficient (Wildman–Crippen LogP) is 3.14. The summed E-state index contributed by atoms with van der Waals surface area (Å²) in [6.45, 7) is 4.78. The van der Waals surface area contributed by atoms with E-state index in [0.29, 0.717) is 22.4 Å². The van der Waals surface area contributed by atoms with Crippen molar-refractivity contribution in [3.63, 3.8) is 0 Å². The first kappa shape index (κ1) is 18.1. The smallest absolute Gasteiger partial charge is 0.238 e. The third-order valence-electron chi connectivity index (χ3n) is 4.17. The Labute approximate surface area is 157 Å². The van der Waals surface area contributed by atoms with Gasteiger partial charge in [-0.05, 0) is 23.8 Å². The van der Waals surface area contributed by atoms with Crippen molar-refractivity contribution in [3.05, 3.63) is 58.3 Å². The molecule has 1 saturated heterocycles. The summed E-state index contributed by atoms with van der Waals surface area (Å²) in [4.78, 5) is 20.8. The van der Waals surface area contributed by atoms with Gasteiger partial charge in [0, 0.05) is 38.9 Å². The number of pyridine rings is 1. The van der Waals surface area contributed by atoms with Crippen LogP contribution in [0.2, 0.25) is 10.2 Å². The summed E-state index contributed by atoms with van der Waals surface area (Å²) in [5, 5.41) is 3.93. The third-order valence-corrected chi connectivity index (χ3v) is 4.73.